The summed E-state index contributed by atoms with van der Waals surface area (Å²) in [4.78, 5) is 10.5. The van der Waals surface area contributed by atoms with Gasteiger partial charge in [-0.25, -0.2) is 0 Å². The second-order valence-corrected chi connectivity index (χ2v) is 7.74. The molecule has 0 aliphatic rings. The average molecular weight is 415 g/mol. The number of carbonyl (C=O) groups is 1. The molecule has 0 spiro atoms. The lowest BCUT2D eigenvalue weighted by molar-refractivity contribution is -0.104. The molecule has 31 heavy (non-hydrogen) atoms. The highest BCUT2D eigenvalue weighted by atomic mass is 16.1. The minimum Gasteiger partial charge on any atom is -0.298 e. The normalized spacial score (nSPS) is 15.4. The summed E-state index contributed by atoms with van der Waals surface area (Å²) in [7, 11) is 0. The van der Waals surface area contributed by atoms with Gasteiger partial charge in [-0.1, -0.05) is 125 Å². The maximum atomic E-state index is 10.5. The van der Waals surface area contributed by atoms with Crippen LogP contribution in [0.25, 0.3) is 0 Å². The first-order valence-electron chi connectivity index (χ1n) is 10.6. The Bertz CT molecular complexity index is 894. The third kappa shape index (κ3) is 18.6. The lowest BCUT2D eigenvalue weighted by atomic mass is 10.2. The topological polar surface area (TPSA) is 17.1 Å². The summed E-state index contributed by atoms with van der Waals surface area (Å²) in [6.07, 6.45) is 33.5. The molecular formula is C30H38O. The lowest BCUT2D eigenvalue weighted by Crippen LogP contribution is -1.73. The van der Waals surface area contributed by atoms with E-state index in [2.05, 4.69) is 89.3 Å². The first kappa shape index (κ1) is 27.8. The molecule has 0 aromatic carbocycles. The molecule has 0 radical (unpaired) electrons. The number of aldehydes is 1. The molecule has 1 nitrogen and oxygen atoms in total. The highest BCUT2D eigenvalue weighted by Gasteiger charge is 1.83. The highest BCUT2D eigenvalue weighted by molar-refractivity contribution is 5.72. The monoisotopic (exact) mass is 414 g/mol. The van der Waals surface area contributed by atoms with Crippen LogP contribution >= 0.6 is 0 Å². The van der Waals surface area contributed by atoms with Crippen LogP contribution in [-0.4, -0.2) is 6.29 Å². The van der Waals surface area contributed by atoms with Crippen LogP contribution < -0.4 is 0 Å². The fraction of sp³-hybridized carbons (Fsp3) is 0.233. The van der Waals surface area contributed by atoms with Gasteiger partial charge in [0.1, 0.15) is 6.29 Å². The van der Waals surface area contributed by atoms with Crippen LogP contribution in [0.4, 0.5) is 0 Å². The van der Waals surface area contributed by atoms with Crippen molar-refractivity contribution >= 4 is 6.29 Å². The molecule has 0 aliphatic heterocycles. The van der Waals surface area contributed by atoms with E-state index in [-0.39, 0.29) is 0 Å². The van der Waals surface area contributed by atoms with E-state index in [1.807, 2.05) is 43.4 Å². The molecule has 0 heterocycles. The fourth-order valence-corrected chi connectivity index (χ4v) is 2.12. The zero-order valence-corrected chi connectivity index (χ0v) is 20.2. The minimum absolute atomic E-state index is 0.712. The Labute approximate surface area is 190 Å². The maximum absolute atomic E-state index is 10.5. The zero-order chi connectivity index (χ0) is 23.5. The summed E-state index contributed by atoms with van der Waals surface area (Å²) in [5.41, 5.74) is 6.71. The molecule has 0 rings (SSSR count). The van der Waals surface area contributed by atoms with E-state index in [0.717, 1.165) is 11.9 Å². The van der Waals surface area contributed by atoms with Gasteiger partial charge in [-0.05, 0) is 54.0 Å². The molecule has 0 aromatic heterocycles. The summed E-state index contributed by atoms with van der Waals surface area (Å²) >= 11 is 0. The summed E-state index contributed by atoms with van der Waals surface area (Å²) in [6.45, 7) is 14.3. The fourth-order valence-electron chi connectivity index (χ4n) is 2.12. The molecule has 0 saturated carbocycles. The summed E-state index contributed by atoms with van der Waals surface area (Å²) in [6, 6.07) is 0. The van der Waals surface area contributed by atoms with Crippen molar-refractivity contribution in [2.45, 2.75) is 48.5 Å². The molecule has 1 heteroatoms. The molecule has 0 saturated heterocycles. The van der Waals surface area contributed by atoms with Crippen molar-refractivity contribution in [2.24, 2.45) is 0 Å². The number of carbonyl (C=O) groups excluding carboxylic acids is 1. The molecule has 0 fully saturated rings. The van der Waals surface area contributed by atoms with Gasteiger partial charge in [-0.2, -0.15) is 0 Å². The van der Waals surface area contributed by atoms with E-state index in [1.54, 1.807) is 13.0 Å². The smallest absolute Gasteiger partial charge is 0.145 e. The van der Waals surface area contributed by atoms with Gasteiger partial charge < -0.3 is 0 Å². The van der Waals surface area contributed by atoms with Gasteiger partial charge in [-0.15, -0.1) is 0 Å². The van der Waals surface area contributed by atoms with E-state index in [1.165, 1.54) is 22.3 Å². The Morgan fingerprint density at radius 1 is 0.387 bits per heavy atom. The molecule has 0 unspecified atom stereocenters. The molecule has 0 bridgehead atoms. The van der Waals surface area contributed by atoms with E-state index >= 15 is 0 Å². The van der Waals surface area contributed by atoms with Gasteiger partial charge in [0.15, 0.2) is 0 Å². The Balaban J connectivity index is 4.70. The predicted molar refractivity (Wildman–Crippen MR) is 140 cm³/mol. The predicted octanol–water partition coefficient (Wildman–Crippen LogP) is 8.66. The van der Waals surface area contributed by atoms with Gasteiger partial charge in [0.05, 0.1) is 0 Å². The van der Waals surface area contributed by atoms with Gasteiger partial charge >= 0.3 is 0 Å². The SMILES string of the molecule is CC(C)=C/C=C/C(C)=C/C=C/C(C)=C/C=C/C=C(C)/C=C/C=C(C)/C=C/C=C(\C)C=O. The lowest BCUT2D eigenvalue weighted by Gasteiger charge is -1.91. The van der Waals surface area contributed by atoms with Crippen molar-refractivity contribution < 1.29 is 4.79 Å². The van der Waals surface area contributed by atoms with Crippen LogP contribution in [0.5, 0.6) is 0 Å². The van der Waals surface area contributed by atoms with Crippen LogP contribution in [0, 0.1) is 0 Å². The Hall–Kier alpha value is -3.19. The van der Waals surface area contributed by atoms with E-state index < -0.39 is 0 Å². The Morgan fingerprint density at radius 3 is 1.00 bits per heavy atom. The molecule has 0 atom stereocenters. The number of rotatable bonds is 11. The summed E-state index contributed by atoms with van der Waals surface area (Å²) in [5.74, 6) is 0. The third-order valence-corrected chi connectivity index (χ3v) is 3.96. The van der Waals surface area contributed by atoms with Crippen LogP contribution in [0.3, 0.4) is 0 Å². The quantitative estimate of drug-likeness (QED) is 0.188. The molecule has 0 aliphatic carbocycles. The first-order valence-corrected chi connectivity index (χ1v) is 10.6. The number of hydrogen-bond acceptors (Lipinski definition) is 1. The van der Waals surface area contributed by atoms with E-state index in [9.17, 15) is 4.79 Å². The first-order chi connectivity index (χ1) is 14.7. The van der Waals surface area contributed by atoms with Gasteiger partial charge in [0, 0.05) is 0 Å². The van der Waals surface area contributed by atoms with Gasteiger partial charge in [-0.3, -0.25) is 4.79 Å². The molecular weight excluding hydrogens is 376 g/mol. The van der Waals surface area contributed by atoms with Crippen molar-refractivity contribution in [2.75, 3.05) is 0 Å². The largest absolute Gasteiger partial charge is 0.298 e. The third-order valence-electron chi connectivity index (χ3n) is 3.96. The maximum Gasteiger partial charge on any atom is 0.145 e. The van der Waals surface area contributed by atoms with Crippen molar-refractivity contribution in [3.63, 3.8) is 0 Å². The summed E-state index contributed by atoms with van der Waals surface area (Å²) in [5, 5.41) is 0. The van der Waals surface area contributed by atoms with Crippen molar-refractivity contribution in [3.05, 3.63) is 131 Å². The second kappa shape index (κ2) is 17.7. The molecule has 0 N–H and O–H groups in total. The molecule has 0 amide bonds. The van der Waals surface area contributed by atoms with Crippen molar-refractivity contribution in [1.29, 1.82) is 0 Å². The van der Waals surface area contributed by atoms with Crippen molar-refractivity contribution in [1.82, 2.24) is 0 Å². The molecule has 0 aromatic rings. The van der Waals surface area contributed by atoms with E-state index in [0.29, 0.717) is 5.57 Å². The van der Waals surface area contributed by atoms with E-state index in [4.69, 9.17) is 0 Å². The summed E-state index contributed by atoms with van der Waals surface area (Å²) < 4.78 is 0. The van der Waals surface area contributed by atoms with Gasteiger partial charge in [0.2, 0.25) is 0 Å². The standard InChI is InChI=1S/C30H38O/c1-25(2)14-10-17-28(5)20-11-18-26(3)15-8-9-16-27(4)19-12-21-29(6)22-13-23-30(7)24-31/h8-24H,1-7H3/b9-8+,17-10+,18-11+,19-12+,22-13+,26-15+,27-16+,28-20+,29-21+,30-23+. The average Bonchev–Trinajstić information content (AvgIpc) is 2.70. The Morgan fingerprint density at radius 2 is 0.677 bits per heavy atom. The zero-order valence-electron chi connectivity index (χ0n) is 20.2. The minimum atomic E-state index is 0.712. The van der Waals surface area contributed by atoms with Crippen molar-refractivity contribution in [3.8, 4) is 0 Å². The number of hydrogen-bond donors (Lipinski definition) is 0. The highest BCUT2D eigenvalue weighted by Crippen LogP contribution is 2.03. The van der Waals surface area contributed by atoms with Crippen LogP contribution in [0.1, 0.15) is 48.5 Å². The second-order valence-electron chi connectivity index (χ2n) is 7.74. The van der Waals surface area contributed by atoms with Gasteiger partial charge in [0.25, 0.3) is 0 Å². The molecule has 164 valence electrons. The van der Waals surface area contributed by atoms with Crippen LogP contribution in [0.15, 0.2) is 131 Å². The van der Waals surface area contributed by atoms with Crippen LogP contribution in [-0.2, 0) is 4.79 Å². The number of allylic oxidation sites excluding steroid dienone is 22. The Kier molecular flexibility index (Phi) is 15.8. The van der Waals surface area contributed by atoms with Crippen LogP contribution in [0.2, 0.25) is 0 Å².